The second-order valence-corrected chi connectivity index (χ2v) is 7.42. The molecule has 4 aromatic rings. The van der Waals surface area contributed by atoms with Crippen molar-refractivity contribution >= 4 is 22.5 Å². The summed E-state index contributed by atoms with van der Waals surface area (Å²) in [6.45, 7) is -0.679. The third-order valence-electron chi connectivity index (χ3n) is 5.08. The monoisotopic (exact) mass is 466 g/mol. The Bertz CT molecular complexity index is 1430. The molecule has 0 saturated carbocycles. The number of rotatable bonds is 6. The molecule has 3 aromatic carbocycles. The molecule has 0 amide bonds. The molecule has 1 aromatic heterocycles. The Morgan fingerprint density at radius 2 is 1.56 bits per heavy atom. The number of carbonyl (C=O) groups is 2. The van der Waals surface area contributed by atoms with Gasteiger partial charge < -0.3 is 4.74 Å². The first-order valence-corrected chi connectivity index (χ1v) is 10.2. The molecular formula is C25H17F3N2O4. The van der Waals surface area contributed by atoms with Crippen LogP contribution in [-0.2, 0) is 17.5 Å². The van der Waals surface area contributed by atoms with Crippen molar-refractivity contribution in [1.82, 2.24) is 9.78 Å². The molecule has 0 spiro atoms. The molecule has 0 atom stereocenters. The summed E-state index contributed by atoms with van der Waals surface area (Å²) in [6, 6.07) is 19.2. The lowest BCUT2D eigenvalue weighted by atomic mass is 10.1. The van der Waals surface area contributed by atoms with E-state index in [-0.39, 0.29) is 28.6 Å². The van der Waals surface area contributed by atoms with Crippen molar-refractivity contribution in [3.63, 3.8) is 0 Å². The number of aromatic nitrogens is 2. The number of nitrogens with zero attached hydrogens (tertiary/aromatic N) is 2. The van der Waals surface area contributed by atoms with E-state index in [0.717, 1.165) is 22.4 Å². The predicted octanol–water partition coefficient (Wildman–Crippen LogP) is 4.50. The lowest BCUT2D eigenvalue weighted by Gasteiger charge is -2.11. The van der Waals surface area contributed by atoms with Crippen LogP contribution in [0, 0.1) is 0 Å². The summed E-state index contributed by atoms with van der Waals surface area (Å²) in [5, 5.41) is 4.65. The quantitative estimate of drug-likeness (QED) is 0.309. The van der Waals surface area contributed by atoms with Crippen molar-refractivity contribution in [2.75, 3.05) is 6.61 Å². The summed E-state index contributed by atoms with van der Waals surface area (Å²) in [5.74, 6) is -1.78. The summed E-state index contributed by atoms with van der Waals surface area (Å²) in [4.78, 5) is 38.0. The molecule has 9 heteroatoms. The van der Waals surface area contributed by atoms with Crippen LogP contribution in [0.15, 0.2) is 83.7 Å². The van der Waals surface area contributed by atoms with Gasteiger partial charge in [-0.25, -0.2) is 9.48 Å². The number of fused-ring (bicyclic) bond motifs is 1. The number of carbonyl (C=O) groups excluding carboxylic acids is 2. The van der Waals surface area contributed by atoms with E-state index in [0.29, 0.717) is 6.07 Å². The van der Waals surface area contributed by atoms with Gasteiger partial charge in [0.1, 0.15) is 0 Å². The lowest BCUT2D eigenvalue weighted by molar-refractivity contribution is -0.137. The third-order valence-corrected chi connectivity index (χ3v) is 5.08. The van der Waals surface area contributed by atoms with Crippen molar-refractivity contribution in [1.29, 1.82) is 0 Å². The van der Waals surface area contributed by atoms with Gasteiger partial charge in [-0.1, -0.05) is 60.7 Å². The molecule has 0 unspecified atom stereocenters. The third kappa shape index (κ3) is 4.88. The normalized spacial score (nSPS) is 11.4. The smallest absolute Gasteiger partial charge is 0.416 e. The molecule has 0 saturated heterocycles. The maximum absolute atomic E-state index is 12.9. The fourth-order valence-corrected chi connectivity index (χ4v) is 3.40. The Kier molecular flexibility index (Phi) is 6.27. The van der Waals surface area contributed by atoms with Gasteiger partial charge in [0.2, 0.25) is 0 Å². The van der Waals surface area contributed by atoms with Crippen LogP contribution in [0.3, 0.4) is 0 Å². The zero-order valence-corrected chi connectivity index (χ0v) is 17.6. The Balaban J connectivity index is 1.60. The highest BCUT2D eigenvalue weighted by atomic mass is 19.4. The summed E-state index contributed by atoms with van der Waals surface area (Å²) >= 11 is 0. The molecule has 0 N–H and O–H groups in total. The number of hydrogen-bond acceptors (Lipinski definition) is 5. The van der Waals surface area contributed by atoms with E-state index in [2.05, 4.69) is 5.10 Å². The molecule has 172 valence electrons. The summed E-state index contributed by atoms with van der Waals surface area (Å²) in [7, 11) is 0. The number of halogens is 3. The Labute approximate surface area is 191 Å². The Hall–Kier alpha value is -4.27. The van der Waals surface area contributed by atoms with Crippen LogP contribution in [0.4, 0.5) is 13.2 Å². The van der Waals surface area contributed by atoms with Gasteiger partial charge in [-0.15, -0.1) is 0 Å². The highest BCUT2D eigenvalue weighted by Gasteiger charge is 2.31. The predicted molar refractivity (Wildman–Crippen MR) is 118 cm³/mol. The average Bonchev–Trinajstić information content (AvgIpc) is 2.84. The van der Waals surface area contributed by atoms with E-state index < -0.39 is 35.7 Å². The van der Waals surface area contributed by atoms with Crippen molar-refractivity contribution in [3.8, 4) is 0 Å². The first-order chi connectivity index (χ1) is 16.2. The number of Topliss-reactive ketones (excluding diaryl/α,β-unsaturated/α-hetero) is 1. The number of esters is 1. The van der Waals surface area contributed by atoms with Gasteiger partial charge in [0.05, 0.1) is 17.5 Å². The van der Waals surface area contributed by atoms with Gasteiger partial charge in [-0.3, -0.25) is 9.59 Å². The van der Waals surface area contributed by atoms with Gasteiger partial charge in [0.15, 0.2) is 18.1 Å². The SMILES string of the molecule is O=C(COC(=O)c1nn(Cc2ccccc2)c(=O)c2ccccc12)c1cccc(C(F)(F)F)c1. The van der Waals surface area contributed by atoms with Crippen LogP contribution in [0.25, 0.3) is 10.8 Å². The van der Waals surface area contributed by atoms with Crippen LogP contribution >= 0.6 is 0 Å². The molecule has 0 aliphatic carbocycles. The first-order valence-electron chi connectivity index (χ1n) is 10.2. The molecular weight excluding hydrogens is 449 g/mol. The summed E-state index contributed by atoms with van der Waals surface area (Å²) < 4.78 is 44.9. The molecule has 1 heterocycles. The molecule has 0 fully saturated rings. The minimum atomic E-state index is -4.61. The van der Waals surface area contributed by atoms with Crippen LogP contribution in [0.5, 0.6) is 0 Å². The minimum absolute atomic E-state index is 0.105. The average molecular weight is 466 g/mol. The number of benzene rings is 3. The van der Waals surface area contributed by atoms with Crippen LogP contribution in [-0.4, -0.2) is 28.1 Å². The highest BCUT2D eigenvalue weighted by Crippen LogP contribution is 2.29. The van der Waals surface area contributed by atoms with Crippen molar-refractivity contribution < 1.29 is 27.5 Å². The molecule has 0 aliphatic heterocycles. The zero-order valence-electron chi connectivity index (χ0n) is 17.6. The number of hydrogen-bond donors (Lipinski definition) is 0. The second kappa shape index (κ2) is 9.30. The molecule has 6 nitrogen and oxygen atoms in total. The lowest BCUT2D eigenvalue weighted by Crippen LogP contribution is -2.27. The van der Waals surface area contributed by atoms with Crippen molar-refractivity contribution in [2.24, 2.45) is 0 Å². The largest absolute Gasteiger partial charge is 0.452 e. The van der Waals surface area contributed by atoms with Crippen LogP contribution < -0.4 is 5.56 Å². The summed E-state index contributed by atoms with van der Waals surface area (Å²) in [5.41, 5.74) is -1.02. The van der Waals surface area contributed by atoms with Crippen molar-refractivity contribution in [3.05, 3.63) is 112 Å². The first kappa shape index (κ1) is 22.9. The van der Waals surface area contributed by atoms with E-state index in [9.17, 15) is 27.6 Å². The standard InChI is InChI=1S/C25H17F3N2O4/c26-25(27,28)18-10-6-9-17(13-18)21(31)15-34-24(33)22-19-11-4-5-12-20(19)23(32)30(29-22)14-16-7-2-1-3-8-16/h1-13H,14-15H2. The zero-order chi connectivity index (χ0) is 24.3. The van der Waals surface area contributed by atoms with Gasteiger partial charge in [-0.05, 0) is 23.8 Å². The topological polar surface area (TPSA) is 78.3 Å². The van der Waals surface area contributed by atoms with E-state index in [1.54, 1.807) is 42.5 Å². The molecule has 34 heavy (non-hydrogen) atoms. The highest BCUT2D eigenvalue weighted by molar-refractivity contribution is 6.04. The van der Waals surface area contributed by atoms with E-state index >= 15 is 0 Å². The minimum Gasteiger partial charge on any atom is -0.452 e. The van der Waals surface area contributed by atoms with Crippen molar-refractivity contribution in [2.45, 2.75) is 12.7 Å². The maximum atomic E-state index is 12.9. The molecule has 0 radical (unpaired) electrons. The van der Waals surface area contributed by atoms with E-state index in [4.69, 9.17) is 4.74 Å². The maximum Gasteiger partial charge on any atom is 0.416 e. The fourth-order valence-electron chi connectivity index (χ4n) is 3.40. The van der Waals surface area contributed by atoms with Crippen LogP contribution in [0.2, 0.25) is 0 Å². The second-order valence-electron chi connectivity index (χ2n) is 7.42. The van der Waals surface area contributed by atoms with Gasteiger partial charge >= 0.3 is 12.1 Å². The van der Waals surface area contributed by atoms with E-state index in [1.165, 1.54) is 12.1 Å². The molecule has 4 rings (SSSR count). The van der Waals surface area contributed by atoms with Crippen LogP contribution in [0.1, 0.15) is 32.0 Å². The van der Waals surface area contributed by atoms with Gasteiger partial charge in [-0.2, -0.15) is 18.3 Å². The number of alkyl halides is 3. The molecule has 0 aliphatic rings. The molecule has 0 bridgehead atoms. The Morgan fingerprint density at radius 3 is 2.26 bits per heavy atom. The number of ketones is 1. The Morgan fingerprint density at radius 1 is 0.882 bits per heavy atom. The summed E-state index contributed by atoms with van der Waals surface area (Å²) in [6.07, 6.45) is -4.61. The fraction of sp³-hybridized carbons (Fsp3) is 0.120. The van der Waals surface area contributed by atoms with Gasteiger partial charge in [0.25, 0.3) is 5.56 Å². The number of ether oxygens (including phenoxy) is 1. The van der Waals surface area contributed by atoms with Gasteiger partial charge in [0, 0.05) is 10.9 Å². The van der Waals surface area contributed by atoms with E-state index in [1.807, 2.05) is 6.07 Å².